The summed E-state index contributed by atoms with van der Waals surface area (Å²) in [5.41, 5.74) is 2.74. The summed E-state index contributed by atoms with van der Waals surface area (Å²) in [5, 5.41) is 7.02. The van der Waals surface area contributed by atoms with Crippen molar-refractivity contribution in [3.05, 3.63) is 70.8 Å². The highest BCUT2D eigenvalue weighted by Gasteiger charge is 2.43. The van der Waals surface area contributed by atoms with E-state index < -0.39 is 10.0 Å². The second-order valence-corrected chi connectivity index (χ2v) is 12.0. The molecule has 0 radical (unpaired) electrons. The summed E-state index contributed by atoms with van der Waals surface area (Å²) in [6, 6.07) is 12.4. The third kappa shape index (κ3) is 4.58. The summed E-state index contributed by atoms with van der Waals surface area (Å²) in [6.45, 7) is 2.62. The Labute approximate surface area is 217 Å². The smallest absolute Gasteiger partial charge is 0.247 e. The average molecular weight is 528 g/mol. The minimum Gasteiger partial charge on any atom is -0.495 e. The number of allylic oxidation sites excluding steroid dienone is 2. The Balaban J connectivity index is 1.40. The topological polar surface area (TPSA) is 79.3 Å². The van der Waals surface area contributed by atoms with Crippen LogP contribution in [0, 0.1) is 18.8 Å². The van der Waals surface area contributed by atoms with E-state index in [4.69, 9.17) is 21.4 Å². The molecule has 0 saturated carbocycles. The molecule has 7 nitrogen and oxygen atoms in total. The maximum absolute atomic E-state index is 13.5. The van der Waals surface area contributed by atoms with Gasteiger partial charge in [0.15, 0.2) is 0 Å². The van der Waals surface area contributed by atoms with Gasteiger partial charge >= 0.3 is 0 Å². The van der Waals surface area contributed by atoms with Gasteiger partial charge in [-0.15, -0.1) is 0 Å². The number of carbonyl (C=O) groups is 1. The quantitative estimate of drug-likeness (QED) is 0.531. The number of aryl methyl sites for hydroxylation is 1. The van der Waals surface area contributed by atoms with E-state index in [0.29, 0.717) is 48.0 Å². The fraction of sp³-hybridized carbons (Fsp3) is 0.407. The first-order valence-electron chi connectivity index (χ1n) is 12.3. The second kappa shape index (κ2) is 10.00. The molecule has 0 bridgehead atoms. The van der Waals surface area contributed by atoms with Crippen molar-refractivity contribution in [3.63, 3.8) is 0 Å². The maximum Gasteiger partial charge on any atom is 0.247 e. The van der Waals surface area contributed by atoms with Crippen molar-refractivity contribution in [3.8, 4) is 5.75 Å². The van der Waals surface area contributed by atoms with Crippen molar-refractivity contribution in [1.82, 2.24) is 9.31 Å². The molecule has 0 unspecified atom stereocenters. The number of ether oxygens (including phenoxy) is 1. The van der Waals surface area contributed by atoms with Gasteiger partial charge in [0.2, 0.25) is 15.9 Å². The van der Waals surface area contributed by atoms with E-state index in [1.165, 1.54) is 4.31 Å². The summed E-state index contributed by atoms with van der Waals surface area (Å²) >= 11 is 6.42. The normalized spacial score (nSPS) is 23.4. The third-order valence-electron chi connectivity index (χ3n) is 7.42. The Morgan fingerprint density at radius 3 is 2.31 bits per heavy atom. The van der Waals surface area contributed by atoms with E-state index in [1.807, 2.05) is 37.3 Å². The summed E-state index contributed by atoms with van der Waals surface area (Å²) in [7, 11) is -2.00. The zero-order valence-corrected chi connectivity index (χ0v) is 22.0. The Kier molecular flexibility index (Phi) is 6.94. The lowest BCUT2D eigenvalue weighted by atomic mass is 9.76. The number of methoxy groups -OCH3 is 1. The standard InChI is InChI=1S/C27H30ClN3O4S/c1-18-7-10-21(11-8-18)36(33,34)30-15-13-20(14-16-30)31-27(32)23-6-4-3-5-22(23)26(29-31)19-9-12-25(35-2)24(28)17-19/h3-4,7-12,17,20,22-23H,5-6,13-16H2,1-2H3/t22-,23+/m1/s1. The predicted octanol–water partition coefficient (Wildman–Crippen LogP) is 4.64. The lowest BCUT2D eigenvalue weighted by Crippen LogP contribution is -2.52. The Morgan fingerprint density at radius 1 is 1.00 bits per heavy atom. The number of rotatable bonds is 5. The minimum absolute atomic E-state index is 0.00906. The maximum atomic E-state index is 13.5. The highest BCUT2D eigenvalue weighted by Crippen LogP contribution is 2.38. The van der Waals surface area contributed by atoms with Crippen LogP contribution in [0.15, 0.2) is 64.6 Å². The van der Waals surface area contributed by atoms with Crippen molar-refractivity contribution < 1.29 is 17.9 Å². The summed E-state index contributed by atoms with van der Waals surface area (Å²) < 4.78 is 33.1. The first-order chi connectivity index (χ1) is 17.3. The molecule has 0 spiro atoms. The summed E-state index contributed by atoms with van der Waals surface area (Å²) in [4.78, 5) is 13.8. The van der Waals surface area contributed by atoms with E-state index in [2.05, 4.69) is 12.2 Å². The van der Waals surface area contributed by atoms with Crippen molar-refractivity contribution in [1.29, 1.82) is 0 Å². The molecule has 2 aromatic carbocycles. The van der Waals surface area contributed by atoms with Gasteiger partial charge in [-0.05, 0) is 68.5 Å². The molecule has 1 fully saturated rings. The van der Waals surface area contributed by atoms with Crippen molar-refractivity contribution >= 4 is 33.2 Å². The first kappa shape index (κ1) is 25.0. The number of hydrogen-bond acceptors (Lipinski definition) is 5. The molecule has 1 saturated heterocycles. The van der Waals surface area contributed by atoms with Crippen molar-refractivity contribution in [2.75, 3.05) is 20.2 Å². The molecule has 1 amide bonds. The van der Waals surface area contributed by atoms with Gasteiger partial charge in [-0.2, -0.15) is 9.41 Å². The van der Waals surface area contributed by atoms with Crippen molar-refractivity contribution in [2.24, 2.45) is 16.9 Å². The molecule has 1 aliphatic carbocycles. The molecule has 2 aromatic rings. The molecule has 5 rings (SSSR count). The summed E-state index contributed by atoms with van der Waals surface area (Å²) in [5.74, 6) is 0.419. The molecule has 0 N–H and O–H groups in total. The van der Waals surface area contributed by atoms with Crippen LogP contribution in [-0.4, -0.2) is 55.6 Å². The van der Waals surface area contributed by atoms with E-state index in [0.717, 1.165) is 23.3 Å². The van der Waals surface area contributed by atoms with Crippen molar-refractivity contribution in [2.45, 2.75) is 43.5 Å². The molecular weight excluding hydrogens is 498 g/mol. The Morgan fingerprint density at radius 2 is 1.67 bits per heavy atom. The number of carbonyl (C=O) groups excluding carboxylic acids is 1. The fourth-order valence-electron chi connectivity index (χ4n) is 5.34. The monoisotopic (exact) mass is 527 g/mol. The largest absolute Gasteiger partial charge is 0.495 e. The lowest BCUT2D eigenvalue weighted by Gasteiger charge is -2.42. The van der Waals surface area contributed by atoms with Gasteiger partial charge in [0, 0.05) is 19.0 Å². The molecule has 9 heteroatoms. The Bertz CT molecular complexity index is 1320. The Hall–Kier alpha value is -2.68. The van der Waals surface area contributed by atoms with Gasteiger partial charge in [-0.25, -0.2) is 13.4 Å². The fourth-order valence-corrected chi connectivity index (χ4v) is 7.07. The van der Waals surface area contributed by atoms with Crippen LogP contribution in [-0.2, 0) is 14.8 Å². The van der Waals surface area contributed by atoms with Crippen LogP contribution in [0.4, 0.5) is 0 Å². The number of sulfonamides is 1. The van der Waals surface area contributed by atoms with Crippen LogP contribution < -0.4 is 4.74 Å². The molecular formula is C27H30ClN3O4S. The van der Waals surface area contributed by atoms with Gasteiger partial charge in [-0.3, -0.25) is 4.79 Å². The lowest BCUT2D eigenvalue weighted by molar-refractivity contribution is -0.141. The molecule has 3 aliphatic rings. The number of amides is 1. The second-order valence-electron chi connectivity index (χ2n) is 9.62. The number of fused-ring (bicyclic) bond motifs is 1. The summed E-state index contributed by atoms with van der Waals surface area (Å²) in [6.07, 6.45) is 6.66. The number of halogens is 1. The number of hydrazone groups is 1. The van der Waals surface area contributed by atoms with E-state index in [-0.39, 0.29) is 23.8 Å². The van der Waals surface area contributed by atoms with Crippen LogP contribution in [0.5, 0.6) is 5.75 Å². The van der Waals surface area contributed by atoms with Crippen LogP contribution in [0.3, 0.4) is 0 Å². The number of hydrogen-bond donors (Lipinski definition) is 0. The zero-order valence-electron chi connectivity index (χ0n) is 20.4. The molecule has 190 valence electrons. The van der Waals surface area contributed by atoms with Gasteiger partial charge in [0.25, 0.3) is 0 Å². The van der Waals surface area contributed by atoms with Crippen LogP contribution >= 0.6 is 11.6 Å². The molecule has 2 atom stereocenters. The third-order valence-corrected chi connectivity index (χ3v) is 9.63. The highest BCUT2D eigenvalue weighted by molar-refractivity contribution is 7.89. The van der Waals surface area contributed by atoms with Crippen LogP contribution in [0.25, 0.3) is 0 Å². The van der Waals surface area contributed by atoms with E-state index in [1.54, 1.807) is 24.3 Å². The van der Waals surface area contributed by atoms with Crippen LogP contribution in [0.2, 0.25) is 5.02 Å². The zero-order chi connectivity index (χ0) is 25.4. The number of benzene rings is 2. The molecule has 0 aromatic heterocycles. The SMILES string of the molecule is COc1ccc(C2=NN(C3CCN(S(=O)(=O)c4ccc(C)cc4)CC3)C(=O)[C@H]3CC=CC[C@@H]23)cc1Cl. The average Bonchev–Trinajstić information content (AvgIpc) is 2.89. The predicted molar refractivity (Wildman–Crippen MR) is 140 cm³/mol. The van der Waals surface area contributed by atoms with E-state index >= 15 is 0 Å². The minimum atomic E-state index is -3.57. The first-order valence-corrected chi connectivity index (χ1v) is 14.1. The molecule has 2 heterocycles. The van der Waals surface area contributed by atoms with Crippen LogP contribution in [0.1, 0.15) is 36.8 Å². The highest BCUT2D eigenvalue weighted by atomic mass is 35.5. The molecule has 36 heavy (non-hydrogen) atoms. The van der Waals surface area contributed by atoms with Gasteiger partial charge in [0.05, 0.1) is 34.7 Å². The van der Waals surface area contributed by atoms with Gasteiger partial charge in [0.1, 0.15) is 5.75 Å². The van der Waals surface area contributed by atoms with E-state index in [9.17, 15) is 13.2 Å². The number of piperidine rings is 1. The molecule has 2 aliphatic heterocycles. The van der Waals surface area contributed by atoms with Gasteiger partial charge in [-0.1, -0.05) is 41.4 Å². The number of nitrogens with zero attached hydrogens (tertiary/aromatic N) is 3. The van der Waals surface area contributed by atoms with Gasteiger partial charge < -0.3 is 4.74 Å².